The number of rotatable bonds is 9. The molecule has 3 saturated heterocycles. The highest BCUT2D eigenvalue weighted by Gasteiger charge is 2.43. The van der Waals surface area contributed by atoms with Crippen molar-refractivity contribution in [2.45, 2.75) is 57.2 Å². The third kappa shape index (κ3) is 7.50. The fourth-order valence-corrected chi connectivity index (χ4v) is 7.48. The molecule has 3 fully saturated rings. The van der Waals surface area contributed by atoms with E-state index >= 15 is 0 Å². The highest BCUT2D eigenvalue weighted by molar-refractivity contribution is 5.93. The first-order valence-corrected chi connectivity index (χ1v) is 18.2. The van der Waals surface area contributed by atoms with E-state index in [2.05, 4.69) is 75.6 Å². The maximum Gasteiger partial charge on any atom is 0.271 e. The summed E-state index contributed by atoms with van der Waals surface area (Å²) in [7, 11) is 0. The highest BCUT2D eigenvalue weighted by Crippen LogP contribution is 2.43. The Kier molecular flexibility index (Phi) is 10.1. The molecule has 3 aliphatic heterocycles. The van der Waals surface area contributed by atoms with Crippen LogP contribution in [0, 0.1) is 5.92 Å². The van der Waals surface area contributed by atoms with Gasteiger partial charge in [0, 0.05) is 50.5 Å². The molecule has 4 atom stereocenters. The molecule has 3 aliphatic rings. The van der Waals surface area contributed by atoms with Gasteiger partial charge in [0.05, 0.1) is 49.3 Å². The van der Waals surface area contributed by atoms with Crippen molar-refractivity contribution >= 4 is 16.9 Å². The number of aliphatic hydroxyl groups excluding tert-OH is 1. The fourth-order valence-electron chi connectivity index (χ4n) is 7.48. The van der Waals surface area contributed by atoms with Crippen molar-refractivity contribution in [3.8, 4) is 11.1 Å². The van der Waals surface area contributed by atoms with Crippen molar-refractivity contribution < 1.29 is 28.8 Å². The van der Waals surface area contributed by atoms with Crippen LogP contribution in [0.25, 0.3) is 22.2 Å². The first-order chi connectivity index (χ1) is 25.4. The molecule has 0 radical (unpaired) electrons. The van der Waals surface area contributed by atoms with E-state index in [4.69, 9.17) is 18.9 Å². The van der Waals surface area contributed by atoms with Gasteiger partial charge in [-0.15, -0.1) is 0 Å². The number of nitrogens with zero attached hydrogens (tertiary/aromatic N) is 3. The van der Waals surface area contributed by atoms with Gasteiger partial charge in [-0.05, 0) is 46.0 Å². The third-order valence-corrected chi connectivity index (χ3v) is 10.6. The van der Waals surface area contributed by atoms with Crippen LogP contribution >= 0.6 is 0 Å². The van der Waals surface area contributed by atoms with Crippen LogP contribution in [0.5, 0.6) is 0 Å². The van der Waals surface area contributed by atoms with Crippen molar-refractivity contribution in [3.05, 3.63) is 131 Å². The zero-order valence-electron chi connectivity index (χ0n) is 29.3. The van der Waals surface area contributed by atoms with Gasteiger partial charge in [-0.2, -0.15) is 0 Å². The largest absolute Gasteiger partial charge is 0.392 e. The molecule has 5 aromatic rings. The average molecular weight is 701 g/mol. The molecule has 1 spiro atoms. The smallest absolute Gasteiger partial charge is 0.271 e. The Bertz CT molecular complexity index is 1990. The second kappa shape index (κ2) is 15.2. The second-order valence-corrected chi connectivity index (χ2v) is 14.0. The van der Waals surface area contributed by atoms with Crippen molar-refractivity contribution in [1.82, 2.24) is 20.2 Å². The van der Waals surface area contributed by atoms with Crippen molar-refractivity contribution in [2.24, 2.45) is 5.92 Å². The summed E-state index contributed by atoms with van der Waals surface area (Å²) < 4.78 is 25.4. The van der Waals surface area contributed by atoms with Gasteiger partial charge in [0.2, 0.25) is 0 Å². The highest BCUT2D eigenvalue weighted by atomic mass is 16.7. The molecule has 0 bridgehead atoms. The van der Waals surface area contributed by atoms with Gasteiger partial charge in [-0.3, -0.25) is 9.78 Å². The first-order valence-electron chi connectivity index (χ1n) is 18.2. The molecular formula is C42H44N4O6. The van der Waals surface area contributed by atoms with Gasteiger partial charge in [-0.1, -0.05) is 85.8 Å². The van der Waals surface area contributed by atoms with E-state index < -0.39 is 12.1 Å². The fraction of sp³-hybridized carbons (Fsp3) is 0.357. The summed E-state index contributed by atoms with van der Waals surface area (Å²) in [5.74, 6) is -0.584. The number of nitrogens with one attached hydrogen (secondary N) is 1. The lowest BCUT2D eigenvalue weighted by atomic mass is 9.89. The van der Waals surface area contributed by atoms with Crippen molar-refractivity contribution in [2.75, 3.05) is 32.8 Å². The lowest BCUT2D eigenvalue weighted by Crippen LogP contribution is -2.50. The number of aromatic nitrogens is 2. The summed E-state index contributed by atoms with van der Waals surface area (Å²) in [6, 6.07) is 32.0. The van der Waals surface area contributed by atoms with Crippen LogP contribution in [0.2, 0.25) is 0 Å². The number of carbonyl (C=O) groups is 1. The Balaban J connectivity index is 0.957. The second-order valence-electron chi connectivity index (χ2n) is 14.0. The molecule has 52 heavy (non-hydrogen) atoms. The molecule has 1 aromatic heterocycles. The lowest BCUT2D eigenvalue weighted by molar-refractivity contribution is -0.278. The minimum atomic E-state index is -0.546. The normalized spacial score (nSPS) is 23.2. The molecule has 0 aliphatic carbocycles. The molecule has 0 saturated carbocycles. The summed E-state index contributed by atoms with van der Waals surface area (Å²) >= 11 is 0. The Morgan fingerprint density at radius 1 is 0.846 bits per heavy atom. The number of likely N-dealkylation sites (tertiary alicyclic amines) is 1. The Labute approximate surface area is 303 Å². The Morgan fingerprint density at radius 3 is 2.33 bits per heavy atom. The predicted octanol–water partition coefficient (Wildman–Crippen LogP) is 6.35. The molecule has 8 rings (SSSR count). The monoisotopic (exact) mass is 700 g/mol. The Morgan fingerprint density at radius 2 is 1.58 bits per heavy atom. The van der Waals surface area contributed by atoms with Crippen LogP contribution in [-0.4, -0.2) is 70.6 Å². The summed E-state index contributed by atoms with van der Waals surface area (Å²) in [6.45, 7) is 6.48. The van der Waals surface area contributed by atoms with Crippen LogP contribution in [0.3, 0.4) is 0 Å². The number of hydrogen-bond acceptors (Lipinski definition) is 9. The van der Waals surface area contributed by atoms with E-state index in [1.165, 1.54) is 6.20 Å². The third-order valence-electron chi connectivity index (χ3n) is 10.6. The van der Waals surface area contributed by atoms with Gasteiger partial charge in [0.25, 0.3) is 5.91 Å². The van der Waals surface area contributed by atoms with Crippen molar-refractivity contribution in [1.29, 1.82) is 0 Å². The Hall–Kier alpha value is -4.55. The van der Waals surface area contributed by atoms with Gasteiger partial charge in [0.1, 0.15) is 5.69 Å². The standard InChI is InChI=1S/C42H44N4O6/c1-28-38(26-46-19-17-42(18-20-46)49-21-22-50-42)51-41(52-39(28)32-11-9-29(27-47)10-12-32)33-15-13-31(14-16-33)34-6-4-5-30(23-34)24-44-40(48)37-25-43-35-7-2-3-8-36(35)45-37/h2-16,23,25,28,38-39,41,47H,17-22,24,26-27H2,1H3,(H,44,48). The molecule has 4 heterocycles. The summed E-state index contributed by atoms with van der Waals surface area (Å²) in [6.07, 6.45) is 2.43. The number of hydrogen-bond donors (Lipinski definition) is 2. The molecule has 4 aromatic carbocycles. The SMILES string of the molecule is CC1C(CN2CCC3(CC2)OCCO3)OC(c2ccc(-c3cccc(CNC(=O)c4cnc5ccccc5n4)c3)cc2)OC1c1ccc(CO)cc1. The van der Waals surface area contributed by atoms with Crippen LogP contribution in [0.15, 0.2) is 103 Å². The van der Waals surface area contributed by atoms with Crippen molar-refractivity contribution in [3.63, 3.8) is 0 Å². The number of para-hydroxylation sites is 2. The minimum Gasteiger partial charge on any atom is -0.392 e. The number of aliphatic hydroxyl groups is 1. The summed E-state index contributed by atoms with van der Waals surface area (Å²) in [5, 5.41) is 12.6. The summed E-state index contributed by atoms with van der Waals surface area (Å²) in [5.41, 5.74) is 7.69. The number of ether oxygens (including phenoxy) is 4. The van der Waals surface area contributed by atoms with E-state index in [0.29, 0.717) is 25.3 Å². The molecule has 10 heteroatoms. The van der Waals surface area contributed by atoms with E-state index in [9.17, 15) is 9.90 Å². The molecule has 4 unspecified atom stereocenters. The van der Waals surface area contributed by atoms with Gasteiger partial charge in [0.15, 0.2) is 12.1 Å². The zero-order valence-corrected chi connectivity index (χ0v) is 29.3. The van der Waals surface area contributed by atoms with E-state index in [1.54, 1.807) is 0 Å². The number of benzene rings is 4. The molecule has 2 N–H and O–H groups in total. The van der Waals surface area contributed by atoms with Gasteiger partial charge >= 0.3 is 0 Å². The van der Waals surface area contributed by atoms with Gasteiger partial charge in [-0.25, -0.2) is 4.98 Å². The maximum atomic E-state index is 12.9. The van der Waals surface area contributed by atoms with Crippen LogP contribution in [0.1, 0.15) is 64.9 Å². The number of amides is 1. The topological polar surface area (TPSA) is 115 Å². The van der Waals surface area contributed by atoms with E-state index in [1.807, 2.05) is 48.5 Å². The van der Waals surface area contributed by atoms with Crippen LogP contribution in [-0.2, 0) is 32.1 Å². The number of fused-ring (bicyclic) bond motifs is 1. The van der Waals surface area contributed by atoms with Crippen LogP contribution < -0.4 is 5.32 Å². The summed E-state index contributed by atoms with van der Waals surface area (Å²) in [4.78, 5) is 24.2. The molecule has 268 valence electrons. The lowest BCUT2D eigenvalue weighted by Gasteiger charge is -2.44. The van der Waals surface area contributed by atoms with E-state index in [0.717, 1.165) is 71.4 Å². The first kappa shape index (κ1) is 34.5. The quantitative estimate of drug-likeness (QED) is 0.182. The molecule has 1 amide bonds. The van der Waals surface area contributed by atoms with E-state index in [-0.39, 0.29) is 36.3 Å². The number of piperidine rings is 1. The molecular weight excluding hydrogens is 656 g/mol. The van der Waals surface area contributed by atoms with Gasteiger partial charge < -0.3 is 34.3 Å². The average Bonchev–Trinajstić information content (AvgIpc) is 3.66. The minimum absolute atomic E-state index is 0.00398. The zero-order chi connectivity index (χ0) is 35.5. The number of carbonyl (C=O) groups excluding carboxylic acids is 1. The predicted molar refractivity (Wildman–Crippen MR) is 196 cm³/mol. The maximum absolute atomic E-state index is 12.9. The van der Waals surface area contributed by atoms with Crippen LogP contribution in [0.4, 0.5) is 0 Å². The molecule has 10 nitrogen and oxygen atoms in total.